The Hall–Kier alpha value is -1.70. The summed E-state index contributed by atoms with van der Waals surface area (Å²) in [5.74, 6) is -0.172. The molecule has 2 fully saturated rings. The molecule has 4 rings (SSSR count). The van der Waals surface area contributed by atoms with Gasteiger partial charge in [0.25, 0.3) is 5.97 Å². The lowest BCUT2D eigenvalue weighted by Gasteiger charge is -2.44. The highest BCUT2D eigenvalue weighted by Crippen LogP contribution is 2.46. The monoisotopic (exact) mass is 546 g/mol. The van der Waals surface area contributed by atoms with E-state index in [0.29, 0.717) is 43.8 Å². The highest BCUT2D eigenvalue weighted by Gasteiger charge is 2.49. The van der Waals surface area contributed by atoms with Gasteiger partial charge in [-0.3, -0.25) is 9.59 Å². The molecule has 0 aromatic rings. The van der Waals surface area contributed by atoms with Crippen LogP contribution < -0.4 is 0 Å². The van der Waals surface area contributed by atoms with Crippen molar-refractivity contribution in [3.05, 3.63) is 23.8 Å². The Bertz CT molecular complexity index is 939. The van der Waals surface area contributed by atoms with Crippen LogP contribution in [0.1, 0.15) is 87.5 Å². The second kappa shape index (κ2) is 12.0. The van der Waals surface area contributed by atoms with E-state index < -0.39 is 11.4 Å². The molecule has 2 aliphatic heterocycles. The van der Waals surface area contributed by atoms with Gasteiger partial charge in [-0.1, -0.05) is 52.8 Å². The van der Waals surface area contributed by atoms with Crippen molar-refractivity contribution in [2.24, 2.45) is 40.9 Å². The molecule has 7 nitrogen and oxygen atoms in total. The zero-order chi connectivity index (χ0) is 28.5. The summed E-state index contributed by atoms with van der Waals surface area (Å²) < 4.78 is 30.4. The molecule has 0 aromatic heterocycles. The van der Waals surface area contributed by atoms with Crippen LogP contribution in [0.3, 0.4) is 0 Å². The van der Waals surface area contributed by atoms with E-state index in [1.165, 1.54) is 5.57 Å². The molecule has 4 aliphatic rings. The van der Waals surface area contributed by atoms with Crippen molar-refractivity contribution in [1.29, 1.82) is 0 Å². The lowest BCUT2D eigenvalue weighted by atomic mass is 9.65. The quantitative estimate of drug-likeness (QED) is 0.351. The molecule has 0 saturated carbocycles. The first-order valence-corrected chi connectivity index (χ1v) is 15.0. The molecule has 2 saturated heterocycles. The fourth-order valence-electron chi connectivity index (χ4n) is 6.35. The van der Waals surface area contributed by atoms with Crippen LogP contribution in [-0.4, -0.2) is 49.4 Å². The highest BCUT2D eigenvalue weighted by molar-refractivity contribution is 5.75. The summed E-state index contributed by atoms with van der Waals surface area (Å²) in [6, 6.07) is 0. The van der Waals surface area contributed by atoms with E-state index in [2.05, 4.69) is 45.9 Å². The van der Waals surface area contributed by atoms with Crippen molar-refractivity contribution in [2.45, 2.75) is 112 Å². The smallest absolute Gasteiger partial charge is 0.311 e. The number of rotatable bonds is 7. The van der Waals surface area contributed by atoms with Crippen LogP contribution in [0.15, 0.2) is 23.8 Å². The number of allylic oxidation sites excluding steroid dienone is 3. The van der Waals surface area contributed by atoms with Crippen molar-refractivity contribution in [3.63, 3.8) is 0 Å². The van der Waals surface area contributed by atoms with E-state index in [9.17, 15) is 9.59 Å². The van der Waals surface area contributed by atoms with E-state index in [0.717, 1.165) is 19.3 Å². The van der Waals surface area contributed by atoms with Gasteiger partial charge in [-0.2, -0.15) is 0 Å². The number of ether oxygens (including phenoxy) is 5. The van der Waals surface area contributed by atoms with Gasteiger partial charge < -0.3 is 23.7 Å². The Kier molecular flexibility index (Phi) is 9.34. The predicted octanol–water partition coefficient (Wildman–Crippen LogP) is 6.21. The van der Waals surface area contributed by atoms with Gasteiger partial charge in [-0.05, 0) is 69.3 Å². The molecule has 0 aromatic carbocycles. The maximum atomic E-state index is 13.0. The zero-order valence-electron chi connectivity index (χ0n) is 25.2. The van der Waals surface area contributed by atoms with Crippen molar-refractivity contribution in [1.82, 2.24) is 0 Å². The molecule has 0 bridgehead atoms. The predicted molar refractivity (Wildman–Crippen MR) is 148 cm³/mol. The van der Waals surface area contributed by atoms with Crippen molar-refractivity contribution >= 4 is 11.9 Å². The molecule has 39 heavy (non-hydrogen) atoms. The van der Waals surface area contributed by atoms with E-state index in [1.54, 1.807) is 0 Å². The molecular weight excluding hydrogens is 496 g/mol. The van der Waals surface area contributed by atoms with Gasteiger partial charge in [0.2, 0.25) is 0 Å². The summed E-state index contributed by atoms with van der Waals surface area (Å²) in [7, 11) is 0. The van der Waals surface area contributed by atoms with Gasteiger partial charge in [0.15, 0.2) is 0 Å². The fourth-order valence-corrected chi connectivity index (χ4v) is 6.35. The zero-order valence-corrected chi connectivity index (χ0v) is 25.2. The van der Waals surface area contributed by atoms with Crippen LogP contribution in [0.25, 0.3) is 0 Å². The largest absolute Gasteiger partial charge is 0.462 e. The van der Waals surface area contributed by atoms with Gasteiger partial charge in [-0.15, -0.1) is 0 Å². The van der Waals surface area contributed by atoms with Gasteiger partial charge in [0.1, 0.15) is 12.2 Å². The number of carbonyl (C=O) groups is 2. The third kappa shape index (κ3) is 7.15. The molecule has 2 aliphatic carbocycles. The molecule has 0 N–H and O–H groups in total. The number of esters is 2. The summed E-state index contributed by atoms with van der Waals surface area (Å²) in [6.07, 6.45) is 9.78. The average molecular weight is 547 g/mol. The molecule has 0 unspecified atom stereocenters. The van der Waals surface area contributed by atoms with Crippen LogP contribution in [0, 0.1) is 40.9 Å². The Balaban J connectivity index is 1.49. The van der Waals surface area contributed by atoms with Crippen molar-refractivity contribution in [3.8, 4) is 0 Å². The van der Waals surface area contributed by atoms with E-state index in [-0.39, 0.29) is 48.0 Å². The maximum absolute atomic E-state index is 13.0. The molecular formula is C32H50O7. The Morgan fingerprint density at radius 1 is 1.05 bits per heavy atom. The first-order valence-electron chi connectivity index (χ1n) is 15.0. The molecule has 220 valence electrons. The standard InChI is InChI=1S/C32H50O7/c1-19(2)22(5)29(33)38-27-16-20(3)15-23-10-9-21(4)26(28(23)27)12-11-24-17-25(37-30(34)31(6,7)8)18-32(39-24)35-13-14-36-32/h9-10,15,19-22,24-28H,11-14,16-18H2,1-8H3/t20-,21-,22-,24-,25+,26-,27-,28-/m0/s1. The molecule has 2 heterocycles. The second-order valence-corrected chi connectivity index (χ2v) is 13.7. The summed E-state index contributed by atoms with van der Waals surface area (Å²) in [4.78, 5) is 25.7. The Morgan fingerprint density at radius 3 is 2.38 bits per heavy atom. The minimum atomic E-state index is -1.14. The number of carbonyl (C=O) groups excluding carboxylic acids is 2. The van der Waals surface area contributed by atoms with Crippen molar-refractivity contribution in [2.75, 3.05) is 13.2 Å². The number of hydrogen-bond acceptors (Lipinski definition) is 7. The first-order chi connectivity index (χ1) is 18.3. The minimum absolute atomic E-state index is 0.0963. The van der Waals surface area contributed by atoms with E-state index in [4.69, 9.17) is 23.7 Å². The van der Waals surface area contributed by atoms with Crippen molar-refractivity contribution < 1.29 is 33.3 Å². The summed E-state index contributed by atoms with van der Waals surface area (Å²) in [5.41, 5.74) is 0.704. The van der Waals surface area contributed by atoms with Gasteiger partial charge in [0.05, 0.1) is 37.1 Å². The third-order valence-corrected chi connectivity index (χ3v) is 9.02. The summed E-state index contributed by atoms with van der Waals surface area (Å²) in [5, 5.41) is 0. The Morgan fingerprint density at radius 2 is 1.74 bits per heavy atom. The lowest BCUT2D eigenvalue weighted by Crippen LogP contribution is -2.49. The fraction of sp³-hybridized carbons (Fsp3) is 0.812. The highest BCUT2D eigenvalue weighted by atomic mass is 16.9. The van der Waals surface area contributed by atoms with Crippen LogP contribution in [0.2, 0.25) is 0 Å². The van der Waals surface area contributed by atoms with Gasteiger partial charge >= 0.3 is 11.9 Å². The number of fused-ring (bicyclic) bond motifs is 1. The molecule has 8 atom stereocenters. The molecule has 1 spiro atoms. The maximum Gasteiger partial charge on any atom is 0.311 e. The first kappa shape index (κ1) is 30.3. The van der Waals surface area contributed by atoms with Gasteiger partial charge in [-0.25, -0.2) is 0 Å². The van der Waals surface area contributed by atoms with Crippen LogP contribution in [0.4, 0.5) is 0 Å². The second-order valence-electron chi connectivity index (χ2n) is 13.7. The average Bonchev–Trinajstić information content (AvgIpc) is 3.28. The lowest BCUT2D eigenvalue weighted by molar-refractivity contribution is -0.376. The van der Waals surface area contributed by atoms with Gasteiger partial charge in [0, 0.05) is 12.3 Å². The van der Waals surface area contributed by atoms with Crippen LogP contribution >= 0.6 is 0 Å². The summed E-state index contributed by atoms with van der Waals surface area (Å²) >= 11 is 0. The minimum Gasteiger partial charge on any atom is -0.462 e. The van der Waals surface area contributed by atoms with E-state index >= 15 is 0 Å². The Labute approximate surface area is 235 Å². The van der Waals surface area contributed by atoms with Crippen LogP contribution in [0.5, 0.6) is 0 Å². The number of hydrogen-bond donors (Lipinski definition) is 0. The summed E-state index contributed by atoms with van der Waals surface area (Å²) in [6.45, 7) is 17.1. The van der Waals surface area contributed by atoms with E-state index in [1.807, 2.05) is 27.7 Å². The molecule has 0 radical (unpaired) electrons. The molecule has 7 heteroatoms. The molecule has 0 amide bonds. The normalized spacial score (nSPS) is 34.9. The SMILES string of the molecule is CC(C)[C@H](C)C(=O)O[C@H]1C[C@@H](C)C=C2C=C[C@H](C)[C@H](CC[C@H]3C[C@@H](OC(=O)C(C)(C)C)CC4(OCCO4)O3)[C@H]21. The topological polar surface area (TPSA) is 80.3 Å². The van der Waals surface area contributed by atoms with Crippen LogP contribution in [-0.2, 0) is 33.3 Å². The third-order valence-electron chi connectivity index (χ3n) is 9.02.